The van der Waals surface area contributed by atoms with E-state index in [0.29, 0.717) is 18.4 Å². The van der Waals surface area contributed by atoms with Crippen LogP contribution in [0.2, 0.25) is 0 Å². The molecular weight excluding hydrogens is 200 g/mol. The van der Waals surface area contributed by atoms with Gasteiger partial charge in [-0.05, 0) is 24.2 Å². The van der Waals surface area contributed by atoms with Crippen molar-refractivity contribution in [2.45, 2.75) is 5.92 Å². The lowest BCUT2D eigenvalue weighted by Crippen LogP contribution is -2.36. The van der Waals surface area contributed by atoms with Crippen molar-refractivity contribution in [3.8, 4) is 0 Å². The maximum absolute atomic E-state index is 5.85. The van der Waals surface area contributed by atoms with Crippen molar-refractivity contribution in [3.05, 3.63) is 29.8 Å². The smallest absolute Gasteiger partial charge is 0.0522 e. The van der Waals surface area contributed by atoms with Crippen molar-refractivity contribution >= 4 is 5.69 Å². The first kappa shape index (κ1) is 11.4. The Kier molecular flexibility index (Phi) is 3.46. The van der Waals surface area contributed by atoms with Crippen LogP contribution in [-0.4, -0.2) is 33.9 Å². The molecular formula is C13H20N2O. The third-order valence-corrected chi connectivity index (χ3v) is 3.32. The van der Waals surface area contributed by atoms with Gasteiger partial charge in [-0.2, -0.15) is 0 Å². The summed E-state index contributed by atoms with van der Waals surface area (Å²) in [6.45, 7) is 2.42. The molecule has 1 unspecified atom stereocenters. The lowest BCUT2D eigenvalue weighted by Gasteiger charge is -2.33. The Morgan fingerprint density at radius 2 is 1.94 bits per heavy atom. The topological polar surface area (TPSA) is 38.5 Å². The van der Waals surface area contributed by atoms with Crippen LogP contribution in [0.3, 0.4) is 0 Å². The fourth-order valence-corrected chi connectivity index (χ4v) is 2.11. The van der Waals surface area contributed by atoms with Crippen LogP contribution in [0.4, 0.5) is 5.69 Å². The lowest BCUT2D eigenvalue weighted by atomic mass is 9.85. The summed E-state index contributed by atoms with van der Waals surface area (Å²) in [7, 11) is 4.10. The summed E-state index contributed by atoms with van der Waals surface area (Å²) in [5, 5.41) is 0. The fourth-order valence-electron chi connectivity index (χ4n) is 2.11. The summed E-state index contributed by atoms with van der Waals surface area (Å²) in [5.74, 6) is 1.06. The first-order valence-electron chi connectivity index (χ1n) is 5.77. The molecule has 1 aliphatic rings. The van der Waals surface area contributed by atoms with E-state index < -0.39 is 0 Å². The Morgan fingerprint density at radius 1 is 1.31 bits per heavy atom. The summed E-state index contributed by atoms with van der Waals surface area (Å²) >= 11 is 0. The molecule has 2 N–H and O–H groups in total. The van der Waals surface area contributed by atoms with Crippen LogP contribution in [0.15, 0.2) is 24.3 Å². The van der Waals surface area contributed by atoms with E-state index in [4.69, 9.17) is 10.5 Å². The Bertz CT molecular complexity index is 330. The van der Waals surface area contributed by atoms with E-state index in [0.717, 1.165) is 13.2 Å². The van der Waals surface area contributed by atoms with Crippen LogP contribution < -0.4 is 10.6 Å². The highest BCUT2D eigenvalue weighted by atomic mass is 16.5. The molecule has 3 heteroatoms. The van der Waals surface area contributed by atoms with E-state index in [-0.39, 0.29) is 0 Å². The highest BCUT2D eigenvalue weighted by Crippen LogP contribution is 2.30. The van der Waals surface area contributed by atoms with Gasteiger partial charge in [-0.1, -0.05) is 12.1 Å². The van der Waals surface area contributed by atoms with Crippen molar-refractivity contribution in [1.82, 2.24) is 0 Å². The van der Waals surface area contributed by atoms with Crippen LogP contribution >= 0.6 is 0 Å². The van der Waals surface area contributed by atoms with E-state index in [9.17, 15) is 0 Å². The molecule has 0 bridgehead atoms. The van der Waals surface area contributed by atoms with Crippen LogP contribution in [0.5, 0.6) is 0 Å². The molecule has 2 rings (SSSR count). The van der Waals surface area contributed by atoms with Gasteiger partial charge in [0.1, 0.15) is 0 Å². The maximum Gasteiger partial charge on any atom is 0.0522 e. The van der Waals surface area contributed by atoms with Gasteiger partial charge in [0.25, 0.3) is 0 Å². The number of anilines is 1. The molecule has 1 aromatic carbocycles. The minimum absolute atomic E-state index is 0.449. The van der Waals surface area contributed by atoms with Gasteiger partial charge in [0.2, 0.25) is 0 Å². The summed E-state index contributed by atoms with van der Waals surface area (Å²) in [6, 6.07) is 8.67. The molecule has 0 radical (unpaired) electrons. The average Bonchev–Trinajstić information content (AvgIpc) is 2.23. The number of hydrogen-bond donors (Lipinski definition) is 1. The number of benzene rings is 1. The second kappa shape index (κ2) is 4.85. The van der Waals surface area contributed by atoms with Crippen molar-refractivity contribution in [3.63, 3.8) is 0 Å². The van der Waals surface area contributed by atoms with Gasteiger partial charge in [0.15, 0.2) is 0 Å². The monoisotopic (exact) mass is 220 g/mol. The Morgan fingerprint density at radius 3 is 2.31 bits per heavy atom. The SMILES string of the molecule is CN(C)c1ccc(C(CN)C2COC2)cc1. The molecule has 1 aromatic rings. The number of nitrogens with two attached hydrogens (primary N) is 1. The van der Waals surface area contributed by atoms with E-state index in [1.807, 2.05) is 0 Å². The molecule has 1 aliphatic heterocycles. The predicted molar refractivity (Wildman–Crippen MR) is 66.9 cm³/mol. The van der Waals surface area contributed by atoms with Gasteiger partial charge in [-0.25, -0.2) is 0 Å². The molecule has 0 spiro atoms. The molecule has 1 atom stereocenters. The average molecular weight is 220 g/mol. The standard InChI is InChI=1S/C13H20N2O/c1-15(2)12-5-3-10(4-6-12)13(7-14)11-8-16-9-11/h3-6,11,13H,7-9,14H2,1-2H3. The first-order chi connectivity index (χ1) is 7.72. The van der Waals surface area contributed by atoms with Crippen LogP contribution in [0, 0.1) is 5.92 Å². The van der Waals surface area contributed by atoms with Gasteiger partial charge in [-0.15, -0.1) is 0 Å². The summed E-state index contributed by atoms with van der Waals surface area (Å²) in [5.41, 5.74) is 8.41. The van der Waals surface area contributed by atoms with Crippen LogP contribution in [0.25, 0.3) is 0 Å². The van der Waals surface area contributed by atoms with E-state index >= 15 is 0 Å². The highest BCUT2D eigenvalue weighted by Gasteiger charge is 2.28. The number of hydrogen-bond acceptors (Lipinski definition) is 3. The Hall–Kier alpha value is -1.06. The zero-order valence-electron chi connectivity index (χ0n) is 10.0. The molecule has 3 nitrogen and oxygen atoms in total. The third-order valence-electron chi connectivity index (χ3n) is 3.32. The van der Waals surface area contributed by atoms with E-state index in [1.165, 1.54) is 11.3 Å². The molecule has 0 amide bonds. The quantitative estimate of drug-likeness (QED) is 0.834. The second-order valence-electron chi connectivity index (χ2n) is 4.63. The van der Waals surface area contributed by atoms with Gasteiger partial charge >= 0.3 is 0 Å². The fraction of sp³-hybridized carbons (Fsp3) is 0.538. The number of ether oxygens (including phenoxy) is 1. The third kappa shape index (κ3) is 2.20. The molecule has 1 heterocycles. The van der Waals surface area contributed by atoms with E-state index in [2.05, 4.69) is 43.3 Å². The van der Waals surface area contributed by atoms with Crippen molar-refractivity contribution in [2.24, 2.45) is 11.7 Å². The minimum Gasteiger partial charge on any atom is -0.381 e. The molecule has 0 saturated carbocycles. The second-order valence-corrected chi connectivity index (χ2v) is 4.63. The van der Waals surface area contributed by atoms with Crippen molar-refractivity contribution in [1.29, 1.82) is 0 Å². The highest BCUT2D eigenvalue weighted by molar-refractivity contribution is 5.46. The number of rotatable bonds is 4. The zero-order valence-corrected chi connectivity index (χ0v) is 10.0. The molecule has 0 aromatic heterocycles. The predicted octanol–water partition coefficient (Wildman–Crippen LogP) is 1.44. The van der Waals surface area contributed by atoms with E-state index in [1.54, 1.807) is 0 Å². The maximum atomic E-state index is 5.85. The molecule has 0 aliphatic carbocycles. The Balaban J connectivity index is 2.12. The molecule has 1 saturated heterocycles. The number of nitrogens with zero attached hydrogens (tertiary/aromatic N) is 1. The van der Waals surface area contributed by atoms with Crippen LogP contribution in [0.1, 0.15) is 11.5 Å². The molecule has 88 valence electrons. The zero-order chi connectivity index (χ0) is 11.5. The molecule has 16 heavy (non-hydrogen) atoms. The molecule has 1 fully saturated rings. The minimum atomic E-state index is 0.449. The van der Waals surface area contributed by atoms with Crippen molar-refractivity contribution < 1.29 is 4.74 Å². The normalized spacial score (nSPS) is 17.9. The van der Waals surface area contributed by atoms with Gasteiger partial charge in [0.05, 0.1) is 13.2 Å². The van der Waals surface area contributed by atoms with Gasteiger partial charge in [0, 0.05) is 31.6 Å². The summed E-state index contributed by atoms with van der Waals surface area (Å²) in [4.78, 5) is 2.10. The lowest BCUT2D eigenvalue weighted by molar-refractivity contribution is -0.0437. The van der Waals surface area contributed by atoms with Gasteiger partial charge < -0.3 is 15.4 Å². The Labute approximate surface area is 97.2 Å². The largest absolute Gasteiger partial charge is 0.381 e. The summed E-state index contributed by atoms with van der Waals surface area (Å²) < 4.78 is 5.24. The van der Waals surface area contributed by atoms with Crippen molar-refractivity contribution in [2.75, 3.05) is 38.8 Å². The van der Waals surface area contributed by atoms with Crippen LogP contribution in [-0.2, 0) is 4.74 Å². The van der Waals surface area contributed by atoms with Gasteiger partial charge in [-0.3, -0.25) is 0 Å². The first-order valence-corrected chi connectivity index (χ1v) is 5.77. The summed E-state index contributed by atoms with van der Waals surface area (Å²) in [6.07, 6.45) is 0.